The van der Waals surface area contributed by atoms with Crippen molar-refractivity contribution >= 4 is 22.5 Å². The van der Waals surface area contributed by atoms with Crippen LogP contribution in [0.4, 0.5) is 14.9 Å². The molecule has 0 heterocycles. The Hall–Kier alpha value is -3.03. The molecule has 1 atom stereocenters. The lowest BCUT2D eigenvalue weighted by Gasteiger charge is -2.13. The first-order valence-corrected chi connectivity index (χ1v) is 11.2. The number of nitrogens with zero attached hydrogens (tertiary/aromatic N) is 1. The van der Waals surface area contributed by atoms with Crippen molar-refractivity contribution in [2.75, 3.05) is 19.4 Å². The van der Waals surface area contributed by atoms with Crippen LogP contribution in [0.15, 0.2) is 77.7 Å². The summed E-state index contributed by atoms with van der Waals surface area (Å²) in [7, 11) is 2.60. The minimum Gasteiger partial charge on any atom is -0.334 e. The van der Waals surface area contributed by atoms with Gasteiger partial charge in [0.05, 0.1) is 16.6 Å². The molecule has 31 heavy (non-hydrogen) atoms. The van der Waals surface area contributed by atoms with E-state index in [2.05, 4.69) is 10.6 Å². The normalized spacial score (nSPS) is 11.9. The van der Waals surface area contributed by atoms with Crippen LogP contribution in [-0.2, 0) is 29.6 Å². The molecule has 0 fully saturated rings. The molecule has 0 aliphatic rings. The van der Waals surface area contributed by atoms with Crippen LogP contribution in [-0.4, -0.2) is 29.2 Å². The zero-order valence-electron chi connectivity index (χ0n) is 17.6. The second-order valence-corrected chi connectivity index (χ2v) is 8.93. The van der Waals surface area contributed by atoms with Crippen molar-refractivity contribution < 1.29 is 13.4 Å². The number of rotatable bonds is 8. The fourth-order valence-electron chi connectivity index (χ4n) is 3.10. The molecule has 0 aliphatic heterocycles. The molecule has 2 N–H and O–H groups in total. The van der Waals surface area contributed by atoms with Gasteiger partial charge in [0.15, 0.2) is 0 Å². The molecule has 3 aromatic carbocycles. The van der Waals surface area contributed by atoms with Gasteiger partial charge in [-0.05, 0) is 61.6 Å². The number of anilines is 1. The van der Waals surface area contributed by atoms with E-state index in [-0.39, 0.29) is 18.4 Å². The Kier molecular flexibility index (Phi) is 7.92. The van der Waals surface area contributed by atoms with Gasteiger partial charge in [-0.25, -0.2) is 9.18 Å². The fraction of sp³-hybridized carbons (Fsp3) is 0.208. The number of hydrogen-bond acceptors (Lipinski definition) is 3. The third kappa shape index (κ3) is 7.01. The van der Waals surface area contributed by atoms with Crippen molar-refractivity contribution in [3.63, 3.8) is 0 Å². The molecule has 2 amide bonds. The molecular formula is C24H26FN3O2S. The Bertz CT molecular complexity index is 1060. The lowest BCUT2D eigenvalue weighted by Crippen LogP contribution is -2.28. The molecule has 0 spiro atoms. The molecular weight excluding hydrogens is 413 g/mol. The third-order valence-electron chi connectivity index (χ3n) is 4.54. The summed E-state index contributed by atoms with van der Waals surface area (Å²) in [5.41, 5.74) is 2.89. The number of halogens is 1. The van der Waals surface area contributed by atoms with Gasteiger partial charge in [0.1, 0.15) is 5.82 Å². The lowest BCUT2D eigenvalue weighted by atomic mass is 10.1. The number of hydrogen-bond donors (Lipinski definition) is 2. The van der Waals surface area contributed by atoms with Crippen molar-refractivity contribution in [2.24, 2.45) is 0 Å². The van der Waals surface area contributed by atoms with Gasteiger partial charge in [-0.15, -0.1) is 0 Å². The zero-order valence-corrected chi connectivity index (χ0v) is 18.4. The SMILES string of the molecule is CN(C)Cc1cc(CNC(=O)Nc2cccc(C[S@@](=O)c3ccccc3)c2)ccc1F. The van der Waals surface area contributed by atoms with Crippen LogP contribution >= 0.6 is 0 Å². The second-order valence-electron chi connectivity index (χ2n) is 7.47. The van der Waals surface area contributed by atoms with Crippen molar-refractivity contribution in [3.05, 3.63) is 95.3 Å². The summed E-state index contributed by atoms with van der Waals surface area (Å²) in [5, 5.41) is 5.58. The maximum absolute atomic E-state index is 13.9. The Balaban J connectivity index is 1.56. The monoisotopic (exact) mass is 439 g/mol. The maximum Gasteiger partial charge on any atom is 0.319 e. The summed E-state index contributed by atoms with van der Waals surface area (Å²) >= 11 is 0. The van der Waals surface area contributed by atoms with E-state index in [9.17, 15) is 13.4 Å². The summed E-state index contributed by atoms with van der Waals surface area (Å²) in [6.45, 7) is 0.771. The number of amides is 2. The van der Waals surface area contributed by atoms with Crippen LogP contribution in [0.1, 0.15) is 16.7 Å². The van der Waals surface area contributed by atoms with Crippen LogP contribution in [0.3, 0.4) is 0 Å². The van der Waals surface area contributed by atoms with E-state index >= 15 is 0 Å². The lowest BCUT2D eigenvalue weighted by molar-refractivity contribution is 0.251. The van der Waals surface area contributed by atoms with E-state index in [1.54, 1.807) is 18.2 Å². The Labute approximate surface area is 184 Å². The summed E-state index contributed by atoms with van der Waals surface area (Å²) in [6.07, 6.45) is 0. The topological polar surface area (TPSA) is 61.4 Å². The molecule has 7 heteroatoms. The molecule has 0 unspecified atom stereocenters. The predicted octanol–water partition coefficient (Wildman–Crippen LogP) is 4.52. The number of carbonyl (C=O) groups is 1. The van der Waals surface area contributed by atoms with Crippen LogP contribution < -0.4 is 10.6 Å². The average molecular weight is 440 g/mol. The Morgan fingerprint density at radius 1 is 0.968 bits per heavy atom. The quantitative estimate of drug-likeness (QED) is 0.543. The molecule has 0 bridgehead atoms. The van der Waals surface area contributed by atoms with E-state index in [0.29, 0.717) is 23.5 Å². The number of urea groups is 1. The molecule has 3 aromatic rings. The minimum atomic E-state index is -1.15. The van der Waals surface area contributed by atoms with Crippen LogP contribution in [0, 0.1) is 5.82 Å². The minimum absolute atomic E-state index is 0.258. The molecule has 162 valence electrons. The van der Waals surface area contributed by atoms with Gasteiger partial charge >= 0.3 is 6.03 Å². The van der Waals surface area contributed by atoms with Crippen molar-refractivity contribution in [2.45, 2.75) is 23.7 Å². The smallest absolute Gasteiger partial charge is 0.319 e. The molecule has 0 aliphatic carbocycles. The van der Waals surface area contributed by atoms with Crippen LogP contribution in [0.25, 0.3) is 0 Å². The van der Waals surface area contributed by atoms with Gasteiger partial charge in [-0.2, -0.15) is 0 Å². The summed E-state index contributed by atoms with van der Waals surface area (Å²) in [6, 6.07) is 21.1. The number of carbonyl (C=O) groups excluding carboxylic acids is 1. The first kappa shape index (κ1) is 22.7. The van der Waals surface area contributed by atoms with Gasteiger partial charge in [0.2, 0.25) is 0 Å². The Morgan fingerprint density at radius 2 is 1.74 bits per heavy atom. The predicted molar refractivity (Wildman–Crippen MR) is 123 cm³/mol. The Morgan fingerprint density at radius 3 is 2.48 bits per heavy atom. The van der Waals surface area contributed by atoms with Crippen molar-refractivity contribution in [1.29, 1.82) is 0 Å². The second kappa shape index (κ2) is 10.8. The summed E-state index contributed by atoms with van der Waals surface area (Å²) in [4.78, 5) is 15.0. The van der Waals surface area contributed by atoms with Crippen molar-refractivity contribution in [3.8, 4) is 0 Å². The number of benzene rings is 3. The molecule has 0 aromatic heterocycles. The average Bonchev–Trinajstić information content (AvgIpc) is 2.75. The highest BCUT2D eigenvalue weighted by Crippen LogP contribution is 2.16. The highest BCUT2D eigenvalue weighted by atomic mass is 32.2. The van der Waals surface area contributed by atoms with Gasteiger partial charge in [0.25, 0.3) is 0 Å². The molecule has 0 saturated carbocycles. The van der Waals surface area contributed by atoms with Gasteiger partial charge in [0, 0.05) is 29.2 Å². The molecule has 0 radical (unpaired) electrons. The van der Waals surface area contributed by atoms with E-state index < -0.39 is 10.8 Å². The van der Waals surface area contributed by atoms with E-state index in [1.165, 1.54) is 6.07 Å². The first-order chi connectivity index (χ1) is 14.9. The maximum atomic E-state index is 13.9. The summed E-state index contributed by atoms with van der Waals surface area (Å²) < 4.78 is 26.4. The molecule has 5 nitrogen and oxygen atoms in total. The molecule has 0 saturated heterocycles. The third-order valence-corrected chi connectivity index (χ3v) is 5.93. The van der Waals surface area contributed by atoms with Gasteiger partial charge < -0.3 is 15.5 Å². The largest absolute Gasteiger partial charge is 0.334 e. The van der Waals surface area contributed by atoms with E-state index in [0.717, 1.165) is 16.0 Å². The highest BCUT2D eigenvalue weighted by molar-refractivity contribution is 7.84. The standard InChI is InChI=1S/C24H26FN3O2S/c1-28(2)16-20-13-18(11-12-23(20)25)15-26-24(29)27-21-8-6-7-19(14-21)17-31(30)22-9-4-3-5-10-22/h3-14H,15-17H2,1-2H3,(H2,26,27,29)/t31-/m1/s1. The van der Waals surface area contributed by atoms with Crippen molar-refractivity contribution in [1.82, 2.24) is 10.2 Å². The number of nitrogens with one attached hydrogen (secondary N) is 2. The molecule has 3 rings (SSSR count). The zero-order chi connectivity index (χ0) is 22.2. The fourth-order valence-corrected chi connectivity index (χ4v) is 4.21. The van der Waals surface area contributed by atoms with Crippen LogP contribution in [0.2, 0.25) is 0 Å². The first-order valence-electron chi connectivity index (χ1n) is 9.90. The van der Waals surface area contributed by atoms with E-state index in [4.69, 9.17) is 0 Å². The van der Waals surface area contributed by atoms with Gasteiger partial charge in [-0.1, -0.05) is 36.4 Å². The van der Waals surface area contributed by atoms with E-state index in [1.807, 2.05) is 67.5 Å². The highest BCUT2D eigenvalue weighted by Gasteiger charge is 2.08. The van der Waals surface area contributed by atoms with Gasteiger partial charge in [-0.3, -0.25) is 4.21 Å². The van der Waals surface area contributed by atoms with Crippen LogP contribution in [0.5, 0.6) is 0 Å². The summed E-state index contributed by atoms with van der Waals surface area (Å²) in [5.74, 6) is 0.109.